The number of aromatic amines is 1. The van der Waals surface area contributed by atoms with Crippen molar-refractivity contribution in [2.45, 2.75) is 39.3 Å². The van der Waals surface area contributed by atoms with Gasteiger partial charge in [0.05, 0.1) is 17.6 Å². The number of anilines is 1. The molecule has 3 aromatic rings. The Labute approximate surface area is 163 Å². The van der Waals surface area contributed by atoms with E-state index in [1.165, 1.54) is 12.8 Å². The van der Waals surface area contributed by atoms with Gasteiger partial charge in [-0.05, 0) is 69.1 Å². The number of hydrogen-bond donors (Lipinski definition) is 3. The molecule has 1 amide bonds. The van der Waals surface area contributed by atoms with E-state index in [1.807, 2.05) is 6.07 Å². The van der Waals surface area contributed by atoms with E-state index < -0.39 is 6.10 Å². The van der Waals surface area contributed by atoms with Gasteiger partial charge in [-0.3, -0.25) is 9.69 Å². The van der Waals surface area contributed by atoms with Gasteiger partial charge in [-0.25, -0.2) is 4.98 Å². The Hall–Kier alpha value is -2.64. The molecule has 3 heterocycles. The number of benzene rings is 1. The van der Waals surface area contributed by atoms with Crippen molar-refractivity contribution >= 4 is 22.6 Å². The SMILES string of the molecule is CC1CCN(Cc2ccc(C(=O)Nc3ccc4nc(C(C)O)[nH]c4c3)o2)CC1. The first-order chi connectivity index (χ1) is 13.5. The number of imidazole rings is 1. The molecule has 0 spiro atoms. The molecular weight excluding hydrogens is 356 g/mol. The average Bonchev–Trinajstić information content (AvgIpc) is 3.30. The summed E-state index contributed by atoms with van der Waals surface area (Å²) in [6, 6.07) is 8.98. The van der Waals surface area contributed by atoms with Gasteiger partial charge in [-0.1, -0.05) is 6.92 Å². The lowest BCUT2D eigenvalue weighted by molar-refractivity contribution is 0.0991. The number of nitrogens with zero attached hydrogens (tertiary/aromatic N) is 2. The number of hydrogen-bond acceptors (Lipinski definition) is 5. The van der Waals surface area contributed by atoms with E-state index >= 15 is 0 Å². The maximum Gasteiger partial charge on any atom is 0.291 e. The number of aliphatic hydroxyl groups is 1. The fourth-order valence-corrected chi connectivity index (χ4v) is 3.52. The number of aromatic nitrogens is 2. The summed E-state index contributed by atoms with van der Waals surface area (Å²) in [6.07, 6.45) is 1.75. The van der Waals surface area contributed by atoms with Crippen molar-refractivity contribution in [1.82, 2.24) is 14.9 Å². The summed E-state index contributed by atoms with van der Waals surface area (Å²) in [6.45, 7) is 6.82. The number of aliphatic hydroxyl groups excluding tert-OH is 1. The highest BCUT2D eigenvalue weighted by atomic mass is 16.4. The molecule has 1 aliphatic heterocycles. The molecule has 1 atom stereocenters. The van der Waals surface area contributed by atoms with E-state index in [-0.39, 0.29) is 5.91 Å². The molecule has 1 aliphatic rings. The molecule has 2 aromatic heterocycles. The number of furan rings is 1. The van der Waals surface area contributed by atoms with Crippen LogP contribution in [0.1, 0.15) is 54.9 Å². The van der Waals surface area contributed by atoms with Crippen molar-refractivity contribution in [2.75, 3.05) is 18.4 Å². The Bertz CT molecular complexity index is 967. The molecule has 0 bridgehead atoms. The van der Waals surface area contributed by atoms with Gasteiger partial charge in [0.15, 0.2) is 5.76 Å². The number of fused-ring (bicyclic) bond motifs is 1. The monoisotopic (exact) mass is 382 g/mol. The molecule has 7 heteroatoms. The van der Waals surface area contributed by atoms with Gasteiger partial charge in [0.1, 0.15) is 17.7 Å². The number of H-pyrrole nitrogens is 1. The second-order valence-corrected chi connectivity index (χ2v) is 7.71. The summed E-state index contributed by atoms with van der Waals surface area (Å²) >= 11 is 0. The lowest BCUT2D eigenvalue weighted by Crippen LogP contribution is -2.32. The number of likely N-dealkylation sites (tertiary alicyclic amines) is 1. The number of piperidine rings is 1. The van der Waals surface area contributed by atoms with Gasteiger partial charge in [0.2, 0.25) is 0 Å². The maximum atomic E-state index is 12.5. The van der Waals surface area contributed by atoms with Crippen molar-refractivity contribution in [3.63, 3.8) is 0 Å². The van der Waals surface area contributed by atoms with Crippen molar-refractivity contribution in [2.24, 2.45) is 5.92 Å². The Balaban J connectivity index is 1.41. The summed E-state index contributed by atoms with van der Waals surface area (Å²) < 4.78 is 5.76. The summed E-state index contributed by atoms with van der Waals surface area (Å²) in [5.74, 6) is 2.12. The smallest absolute Gasteiger partial charge is 0.291 e. The van der Waals surface area contributed by atoms with Crippen LogP contribution >= 0.6 is 0 Å². The van der Waals surface area contributed by atoms with Gasteiger partial charge in [-0.15, -0.1) is 0 Å². The van der Waals surface area contributed by atoms with Crippen LogP contribution in [-0.4, -0.2) is 39.0 Å². The second kappa shape index (κ2) is 7.77. The molecule has 148 valence electrons. The topological polar surface area (TPSA) is 94.4 Å². The van der Waals surface area contributed by atoms with Crippen molar-refractivity contribution in [3.8, 4) is 0 Å². The normalized spacial score (nSPS) is 17.1. The van der Waals surface area contributed by atoms with Crippen LogP contribution in [0.3, 0.4) is 0 Å². The van der Waals surface area contributed by atoms with Gasteiger partial charge in [-0.2, -0.15) is 0 Å². The molecule has 0 aliphatic carbocycles. The molecule has 7 nitrogen and oxygen atoms in total. The van der Waals surface area contributed by atoms with E-state index in [1.54, 1.807) is 31.2 Å². The highest BCUT2D eigenvalue weighted by Crippen LogP contribution is 2.22. The van der Waals surface area contributed by atoms with E-state index in [2.05, 4.69) is 27.1 Å². The minimum absolute atomic E-state index is 0.284. The fourth-order valence-electron chi connectivity index (χ4n) is 3.52. The van der Waals surface area contributed by atoms with E-state index in [0.29, 0.717) is 17.3 Å². The summed E-state index contributed by atoms with van der Waals surface area (Å²) in [4.78, 5) is 22.3. The fraction of sp³-hybridized carbons (Fsp3) is 0.429. The quantitative estimate of drug-likeness (QED) is 0.626. The average molecular weight is 382 g/mol. The van der Waals surface area contributed by atoms with Gasteiger partial charge >= 0.3 is 0 Å². The molecule has 1 fully saturated rings. The van der Waals surface area contributed by atoms with Gasteiger partial charge < -0.3 is 19.8 Å². The predicted octanol–water partition coefficient (Wildman–Crippen LogP) is 3.69. The van der Waals surface area contributed by atoms with Gasteiger partial charge in [0.25, 0.3) is 5.91 Å². The summed E-state index contributed by atoms with van der Waals surface area (Å²) in [5, 5.41) is 12.5. The molecule has 1 unspecified atom stereocenters. The summed E-state index contributed by atoms with van der Waals surface area (Å²) in [5.41, 5.74) is 2.14. The largest absolute Gasteiger partial charge is 0.455 e. The molecular formula is C21H26N4O3. The highest BCUT2D eigenvalue weighted by molar-refractivity contribution is 6.03. The van der Waals surface area contributed by atoms with Crippen LogP contribution in [0, 0.1) is 5.92 Å². The third-order valence-electron chi connectivity index (χ3n) is 5.29. The maximum absolute atomic E-state index is 12.5. The Morgan fingerprint density at radius 1 is 1.36 bits per heavy atom. The zero-order valence-corrected chi connectivity index (χ0v) is 16.2. The van der Waals surface area contributed by atoms with Crippen LogP contribution in [-0.2, 0) is 6.54 Å². The first-order valence-electron chi connectivity index (χ1n) is 9.78. The van der Waals surface area contributed by atoms with Crippen molar-refractivity contribution in [3.05, 3.63) is 47.7 Å². The van der Waals surface area contributed by atoms with E-state index in [9.17, 15) is 9.90 Å². The van der Waals surface area contributed by atoms with Crippen LogP contribution < -0.4 is 5.32 Å². The number of carbonyl (C=O) groups excluding carboxylic acids is 1. The highest BCUT2D eigenvalue weighted by Gasteiger charge is 2.18. The number of rotatable bonds is 5. The molecule has 1 saturated heterocycles. The van der Waals surface area contributed by atoms with Gasteiger partial charge in [0, 0.05) is 5.69 Å². The lowest BCUT2D eigenvalue weighted by Gasteiger charge is -2.29. The predicted molar refractivity (Wildman–Crippen MR) is 107 cm³/mol. The lowest BCUT2D eigenvalue weighted by atomic mass is 9.99. The summed E-state index contributed by atoms with van der Waals surface area (Å²) in [7, 11) is 0. The van der Waals surface area contributed by atoms with Crippen LogP contribution in [0.2, 0.25) is 0 Å². The van der Waals surface area contributed by atoms with E-state index in [0.717, 1.165) is 42.3 Å². The molecule has 0 saturated carbocycles. The molecule has 1 aromatic carbocycles. The first kappa shape index (κ1) is 18.7. The molecule has 28 heavy (non-hydrogen) atoms. The van der Waals surface area contributed by atoms with Crippen molar-refractivity contribution in [1.29, 1.82) is 0 Å². The first-order valence-corrected chi connectivity index (χ1v) is 9.78. The Morgan fingerprint density at radius 3 is 2.89 bits per heavy atom. The molecule has 3 N–H and O–H groups in total. The number of amides is 1. The third kappa shape index (κ3) is 4.10. The Morgan fingerprint density at radius 2 is 2.14 bits per heavy atom. The van der Waals surface area contributed by atoms with Crippen LogP contribution in [0.5, 0.6) is 0 Å². The number of carbonyl (C=O) groups is 1. The van der Waals surface area contributed by atoms with Crippen molar-refractivity contribution < 1.29 is 14.3 Å². The zero-order chi connectivity index (χ0) is 19.7. The molecule has 0 radical (unpaired) electrons. The number of nitrogens with one attached hydrogen (secondary N) is 2. The van der Waals surface area contributed by atoms with Crippen LogP contribution in [0.4, 0.5) is 5.69 Å². The zero-order valence-electron chi connectivity index (χ0n) is 16.2. The third-order valence-corrected chi connectivity index (χ3v) is 5.29. The minimum Gasteiger partial charge on any atom is -0.455 e. The van der Waals surface area contributed by atoms with E-state index in [4.69, 9.17) is 4.42 Å². The molecule has 4 rings (SSSR count). The Kier molecular flexibility index (Phi) is 5.19. The standard InChI is InChI=1S/C21H26N4O3/c1-13-7-9-25(10-8-13)12-16-4-6-19(28-16)21(27)22-15-3-5-17-18(11-15)24-20(23-17)14(2)26/h3-6,11,13-14,26H,7-10,12H2,1-2H3,(H,22,27)(H,23,24). The minimum atomic E-state index is -0.671. The second-order valence-electron chi connectivity index (χ2n) is 7.71. The van der Waals surface area contributed by atoms with Crippen LogP contribution in [0.25, 0.3) is 11.0 Å². The van der Waals surface area contributed by atoms with Crippen LogP contribution in [0.15, 0.2) is 34.7 Å².